The number of ketones is 1. The molecule has 1 saturated heterocycles. The molecule has 0 N–H and O–H groups in total. The minimum absolute atomic E-state index is 0.108. The third-order valence-corrected chi connectivity index (χ3v) is 4.71. The van der Waals surface area contributed by atoms with Crippen LogP contribution in [0.15, 0.2) is 53.8 Å². The van der Waals surface area contributed by atoms with Gasteiger partial charge in [0.15, 0.2) is 5.78 Å². The van der Waals surface area contributed by atoms with Crippen molar-refractivity contribution in [2.45, 2.75) is 44.9 Å². The fraction of sp³-hybridized carbons (Fsp3) is 0.450. The topological polar surface area (TPSA) is 20.3 Å². The number of hydrogen-bond donors (Lipinski definition) is 0. The van der Waals surface area contributed by atoms with Crippen LogP contribution in [0.25, 0.3) is 0 Å². The molecule has 1 aromatic rings. The average molecular weight is 295 g/mol. The van der Waals surface area contributed by atoms with Crippen LogP contribution < -0.4 is 0 Å². The second kappa shape index (κ2) is 7.44. The first-order chi connectivity index (χ1) is 10.8. The van der Waals surface area contributed by atoms with Crippen LogP contribution in [0.5, 0.6) is 0 Å². The van der Waals surface area contributed by atoms with Crippen LogP contribution in [0.4, 0.5) is 0 Å². The summed E-state index contributed by atoms with van der Waals surface area (Å²) in [6.45, 7) is 2.39. The molecule has 2 aliphatic rings. The summed E-state index contributed by atoms with van der Waals surface area (Å²) in [5, 5.41) is 0. The molecule has 1 aliphatic carbocycles. The van der Waals surface area contributed by atoms with Crippen molar-refractivity contribution in [1.29, 1.82) is 0 Å². The number of likely N-dealkylation sites (tertiary alicyclic amines) is 1. The van der Waals surface area contributed by atoms with Gasteiger partial charge in [0.2, 0.25) is 0 Å². The van der Waals surface area contributed by atoms with E-state index in [1.165, 1.54) is 62.9 Å². The Morgan fingerprint density at radius 3 is 2.41 bits per heavy atom. The van der Waals surface area contributed by atoms with Gasteiger partial charge in [-0.2, -0.15) is 0 Å². The van der Waals surface area contributed by atoms with Crippen LogP contribution in [0.2, 0.25) is 0 Å². The number of nitrogens with zero attached hydrogens (tertiary/aromatic N) is 1. The molecule has 0 bridgehead atoms. The molecule has 0 unspecified atom stereocenters. The zero-order valence-corrected chi connectivity index (χ0v) is 13.3. The lowest BCUT2D eigenvalue weighted by molar-refractivity contribution is 0.104. The van der Waals surface area contributed by atoms with E-state index in [0.717, 1.165) is 12.0 Å². The van der Waals surface area contributed by atoms with Gasteiger partial charge in [-0.25, -0.2) is 0 Å². The lowest BCUT2D eigenvalue weighted by Crippen LogP contribution is -2.30. The summed E-state index contributed by atoms with van der Waals surface area (Å²) in [5.41, 5.74) is 3.66. The summed E-state index contributed by atoms with van der Waals surface area (Å²) in [5.74, 6) is 0.108. The number of carbonyl (C=O) groups excluding carboxylic acids is 1. The van der Waals surface area contributed by atoms with Crippen LogP contribution in [0.1, 0.15) is 55.3 Å². The Morgan fingerprint density at radius 1 is 0.909 bits per heavy atom. The van der Waals surface area contributed by atoms with Crippen LogP contribution in [-0.4, -0.2) is 23.8 Å². The fourth-order valence-electron chi connectivity index (χ4n) is 3.49. The van der Waals surface area contributed by atoms with Crippen molar-refractivity contribution < 1.29 is 4.79 Å². The van der Waals surface area contributed by atoms with Crippen LogP contribution in [0, 0.1) is 0 Å². The maximum atomic E-state index is 12.2. The monoisotopic (exact) mass is 295 g/mol. The first-order valence-electron chi connectivity index (χ1n) is 8.59. The molecule has 0 amide bonds. The highest BCUT2D eigenvalue weighted by atomic mass is 16.1. The predicted molar refractivity (Wildman–Crippen MR) is 90.8 cm³/mol. The zero-order valence-electron chi connectivity index (χ0n) is 13.3. The van der Waals surface area contributed by atoms with Gasteiger partial charge in [0, 0.05) is 24.4 Å². The number of benzene rings is 1. The number of allylic oxidation sites excluding steroid dienone is 4. The molecule has 1 fully saturated rings. The van der Waals surface area contributed by atoms with Crippen molar-refractivity contribution in [3.8, 4) is 0 Å². The van der Waals surface area contributed by atoms with Gasteiger partial charge in [-0.15, -0.1) is 0 Å². The molecule has 0 spiro atoms. The van der Waals surface area contributed by atoms with Crippen molar-refractivity contribution in [3.05, 3.63) is 59.3 Å². The van der Waals surface area contributed by atoms with Gasteiger partial charge in [0.25, 0.3) is 0 Å². The molecule has 2 nitrogen and oxygen atoms in total. The van der Waals surface area contributed by atoms with Gasteiger partial charge in [0.05, 0.1) is 0 Å². The Hall–Kier alpha value is -1.83. The third-order valence-electron chi connectivity index (χ3n) is 4.71. The fourth-order valence-corrected chi connectivity index (χ4v) is 3.49. The van der Waals surface area contributed by atoms with E-state index in [1.54, 1.807) is 6.08 Å². The van der Waals surface area contributed by atoms with E-state index >= 15 is 0 Å². The molecular formula is C20H25NO. The van der Waals surface area contributed by atoms with Crippen molar-refractivity contribution in [3.63, 3.8) is 0 Å². The highest BCUT2D eigenvalue weighted by Gasteiger charge is 2.19. The quantitative estimate of drug-likeness (QED) is 0.590. The van der Waals surface area contributed by atoms with Crippen molar-refractivity contribution in [2.24, 2.45) is 0 Å². The molecule has 1 aliphatic heterocycles. The van der Waals surface area contributed by atoms with Crippen molar-refractivity contribution in [1.82, 2.24) is 4.90 Å². The van der Waals surface area contributed by atoms with Gasteiger partial charge in [-0.3, -0.25) is 4.79 Å². The van der Waals surface area contributed by atoms with Crippen LogP contribution in [-0.2, 0) is 0 Å². The Kier molecular flexibility index (Phi) is 5.10. The molecule has 22 heavy (non-hydrogen) atoms. The minimum Gasteiger partial charge on any atom is -0.375 e. The SMILES string of the molecule is O=C(/C=C\C1=C(N2CCCCC2)CCCC1)c1ccccc1. The molecule has 116 valence electrons. The Balaban J connectivity index is 1.76. The van der Waals surface area contributed by atoms with Crippen LogP contribution >= 0.6 is 0 Å². The van der Waals surface area contributed by atoms with Crippen LogP contribution in [0.3, 0.4) is 0 Å². The standard InChI is InChI=1S/C20H25NO/c22-20(18-10-3-1-4-11-18)14-13-17-9-5-6-12-19(17)21-15-7-2-8-16-21/h1,3-4,10-11,13-14H,2,5-9,12,15-16H2/b14-13-. The third kappa shape index (κ3) is 3.68. The van der Waals surface area contributed by atoms with Gasteiger partial charge >= 0.3 is 0 Å². The highest BCUT2D eigenvalue weighted by Crippen LogP contribution is 2.30. The number of piperidine rings is 1. The number of hydrogen-bond acceptors (Lipinski definition) is 2. The number of carbonyl (C=O) groups is 1. The Bertz CT molecular complexity index is 565. The molecule has 1 heterocycles. The van der Waals surface area contributed by atoms with Crippen molar-refractivity contribution >= 4 is 5.78 Å². The summed E-state index contributed by atoms with van der Waals surface area (Å²) < 4.78 is 0. The van der Waals surface area contributed by atoms with E-state index in [4.69, 9.17) is 0 Å². The van der Waals surface area contributed by atoms with Gasteiger partial charge in [0.1, 0.15) is 0 Å². The summed E-state index contributed by atoms with van der Waals surface area (Å²) in [6, 6.07) is 9.54. The van der Waals surface area contributed by atoms with E-state index in [0.29, 0.717) is 0 Å². The lowest BCUT2D eigenvalue weighted by Gasteiger charge is -2.34. The minimum atomic E-state index is 0.108. The van der Waals surface area contributed by atoms with Gasteiger partial charge < -0.3 is 4.90 Å². The Labute approximate surface area is 133 Å². The van der Waals surface area contributed by atoms with Gasteiger partial charge in [-0.1, -0.05) is 36.4 Å². The van der Waals surface area contributed by atoms with Gasteiger partial charge in [-0.05, 0) is 56.6 Å². The maximum Gasteiger partial charge on any atom is 0.185 e. The molecule has 0 radical (unpaired) electrons. The van der Waals surface area contributed by atoms with E-state index in [2.05, 4.69) is 11.0 Å². The average Bonchev–Trinajstić information content (AvgIpc) is 2.61. The van der Waals surface area contributed by atoms with Crippen molar-refractivity contribution in [2.75, 3.05) is 13.1 Å². The zero-order chi connectivity index (χ0) is 15.2. The largest absolute Gasteiger partial charge is 0.375 e. The van der Waals surface area contributed by atoms with E-state index < -0.39 is 0 Å². The molecule has 3 rings (SSSR count). The predicted octanol–water partition coefficient (Wildman–Crippen LogP) is 4.74. The Morgan fingerprint density at radius 2 is 1.64 bits per heavy atom. The maximum absolute atomic E-state index is 12.2. The van der Waals surface area contributed by atoms with E-state index in [-0.39, 0.29) is 5.78 Å². The smallest absolute Gasteiger partial charge is 0.185 e. The molecule has 1 aromatic carbocycles. The first kappa shape index (κ1) is 15.1. The second-order valence-corrected chi connectivity index (χ2v) is 6.29. The highest BCUT2D eigenvalue weighted by molar-refractivity contribution is 6.04. The molecule has 0 aromatic heterocycles. The number of rotatable bonds is 4. The molecular weight excluding hydrogens is 270 g/mol. The lowest BCUT2D eigenvalue weighted by atomic mass is 9.93. The summed E-state index contributed by atoms with van der Waals surface area (Å²) in [7, 11) is 0. The molecule has 0 saturated carbocycles. The van der Waals surface area contributed by atoms with E-state index in [1.807, 2.05) is 30.3 Å². The molecule has 2 heteroatoms. The summed E-state index contributed by atoms with van der Waals surface area (Å²) >= 11 is 0. The van der Waals surface area contributed by atoms with E-state index in [9.17, 15) is 4.79 Å². The normalized spacial score (nSPS) is 19.7. The molecule has 0 atom stereocenters. The second-order valence-electron chi connectivity index (χ2n) is 6.29. The first-order valence-corrected chi connectivity index (χ1v) is 8.59. The summed E-state index contributed by atoms with van der Waals surface area (Å²) in [4.78, 5) is 14.8. The summed E-state index contributed by atoms with van der Waals surface area (Å²) in [6.07, 6.45) is 12.7.